The van der Waals surface area contributed by atoms with Gasteiger partial charge in [0.2, 0.25) is 5.91 Å². The number of hydrogen-bond donors (Lipinski definition) is 1. The van der Waals surface area contributed by atoms with Gasteiger partial charge in [-0.05, 0) is 37.5 Å². The molecular weight excluding hydrogens is 288 g/mol. The van der Waals surface area contributed by atoms with Crippen molar-refractivity contribution < 1.29 is 9.59 Å². The molecule has 3 rings (SSSR count). The highest BCUT2D eigenvalue weighted by molar-refractivity contribution is 6.34. The fourth-order valence-electron chi connectivity index (χ4n) is 3.33. The second kappa shape index (κ2) is 5.34. The Balaban J connectivity index is 2.02. The minimum Gasteiger partial charge on any atom is -0.342 e. The second-order valence-corrected chi connectivity index (χ2v) is 6.41. The summed E-state index contributed by atoms with van der Waals surface area (Å²) in [5, 5.41) is 3.52. The van der Waals surface area contributed by atoms with Crippen LogP contribution in [0.3, 0.4) is 0 Å². The van der Waals surface area contributed by atoms with E-state index in [0.29, 0.717) is 23.7 Å². The first-order chi connectivity index (χ1) is 10.0. The highest BCUT2D eigenvalue weighted by Gasteiger charge is 2.47. The first kappa shape index (κ1) is 14.4. The van der Waals surface area contributed by atoms with E-state index in [1.165, 1.54) is 0 Å². The monoisotopic (exact) mass is 306 g/mol. The van der Waals surface area contributed by atoms with Crippen molar-refractivity contribution in [3.8, 4) is 0 Å². The smallest absolute Gasteiger partial charge is 0.252 e. The van der Waals surface area contributed by atoms with Crippen LogP contribution in [-0.4, -0.2) is 23.9 Å². The normalized spacial score (nSPS) is 21.5. The van der Waals surface area contributed by atoms with Crippen molar-refractivity contribution in [3.63, 3.8) is 0 Å². The summed E-state index contributed by atoms with van der Waals surface area (Å²) in [6.07, 6.45) is 3.70. The maximum atomic E-state index is 13.0. The summed E-state index contributed by atoms with van der Waals surface area (Å²) in [5.41, 5.74) is 1.04. The van der Waals surface area contributed by atoms with Crippen molar-refractivity contribution in [3.05, 3.63) is 28.8 Å². The molecular formula is C16H19ClN2O2. The number of nitrogens with one attached hydrogen (secondary N) is 1. The topological polar surface area (TPSA) is 49.4 Å². The van der Waals surface area contributed by atoms with Gasteiger partial charge < -0.3 is 10.2 Å². The molecule has 21 heavy (non-hydrogen) atoms. The minimum absolute atomic E-state index is 0.0154. The number of hydrogen-bond acceptors (Lipinski definition) is 2. The first-order valence-corrected chi connectivity index (χ1v) is 7.79. The van der Waals surface area contributed by atoms with E-state index in [1.807, 2.05) is 19.1 Å². The number of carbonyl (C=O) groups excluding carboxylic acids is 2. The third-order valence-electron chi connectivity index (χ3n) is 4.45. The standard InChI is InChI=1S/C16H19ClN2O2/c1-11-4-5-12(17)13(10-11)19-9-6-14(20)18-16(15(19)21)7-2-3-8-16/h4-5,10H,2-3,6-9H2,1H3,(H,18,20). The molecule has 1 aliphatic heterocycles. The fourth-order valence-corrected chi connectivity index (χ4v) is 3.55. The van der Waals surface area contributed by atoms with E-state index >= 15 is 0 Å². The average molecular weight is 307 g/mol. The van der Waals surface area contributed by atoms with Crippen LogP contribution in [0.2, 0.25) is 5.02 Å². The molecule has 1 spiro atoms. The van der Waals surface area contributed by atoms with E-state index < -0.39 is 5.54 Å². The lowest BCUT2D eigenvalue weighted by Gasteiger charge is -2.32. The van der Waals surface area contributed by atoms with Crippen LogP contribution < -0.4 is 10.2 Å². The third-order valence-corrected chi connectivity index (χ3v) is 4.76. The van der Waals surface area contributed by atoms with Crippen LogP contribution >= 0.6 is 11.6 Å². The zero-order chi connectivity index (χ0) is 15.0. The Kier molecular flexibility index (Phi) is 3.66. The third kappa shape index (κ3) is 2.53. The quantitative estimate of drug-likeness (QED) is 0.867. The van der Waals surface area contributed by atoms with Crippen LogP contribution in [-0.2, 0) is 9.59 Å². The van der Waals surface area contributed by atoms with Crippen LogP contribution in [0, 0.1) is 6.92 Å². The lowest BCUT2D eigenvalue weighted by atomic mass is 9.95. The number of anilines is 1. The van der Waals surface area contributed by atoms with E-state index in [0.717, 1.165) is 31.2 Å². The zero-order valence-corrected chi connectivity index (χ0v) is 12.9. The Morgan fingerprint density at radius 2 is 1.95 bits per heavy atom. The van der Waals surface area contributed by atoms with E-state index in [4.69, 9.17) is 11.6 Å². The summed E-state index contributed by atoms with van der Waals surface area (Å²) >= 11 is 6.28. The lowest BCUT2D eigenvalue weighted by Crippen LogP contribution is -2.55. The van der Waals surface area contributed by atoms with E-state index in [-0.39, 0.29) is 11.8 Å². The molecule has 1 aromatic carbocycles. The van der Waals surface area contributed by atoms with Gasteiger partial charge in [-0.2, -0.15) is 0 Å². The largest absolute Gasteiger partial charge is 0.342 e. The molecule has 0 radical (unpaired) electrons. The number of amides is 2. The highest BCUT2D eigenvalue weighted by atomic mass is 35.5. The van der Waals surface area contributed by atoms with Crippen molar-refractivity contribution in [1.82, 2.24) is 5.32 Å². The maximum absolute atomic E-state index is 13.0. The summed E-state index contributed by atoms with van der Waals surface area (Å²) in [6.45, 7) is 2.35. The molecule has 1 N–H and O–H groups in total. The predicted molar refractivity (Wildman–Crippen MR) is 82.5 cm³/mol. The Hall–Kier alpha value is -1.55. The van der Waals surface area contributed by atoms with Gasteiger partial charge in [0.1, 0.15) is 5.54 Å². The van der Waals surface area contributed by atoms with E-state index in [9.17, 15) is 9.59 Å². The van der Waals surface area contributed by atoms with Crippen LogP contribution in [0.25, 0.3) is 0 Å². The Bertz CT molecular complexity index is 594. The molecule has 2 fully saturated rings. The van der Waals surface area contributed by atoms with E-state index in [1.54, 1.807) is 11.0 Å². The van der Waals surface area contributed by atoms with Crippen LogP contribution in [0.1, 0.15) is 37.7 Å². The molecule has 1 saturated heterocycles. The number of nitrogens with zero attached hydrogens (tertiary/aromatic N) is 1. The molecule has 5 heteroatoms. The van der Waals surface area contributed by atoms with Crippen molar-refractivity contribution in [1.29, 1.82) is 0 Å². The zero-order valence-electron chi connectivity index (χ0n) is 12.1. The average Bonchev–Trinajstić information content (AvgIpc) is 2.87. The van der Waals surface area contributed by atoms with Gasteiger partial charge in [0.25, 0.3) is 5.91 Å². The molecule has 0 unspecified atom stereocenters. The van der Waals surface area contributed by atoms with Gasteiger partial charge in [-0.1, -0.05) is 30.5 Å². The molecule has 2 aliphatic rings. The number of rotatable bonds is 1. The maximum Gasteiger partial charge on any atom is 0.252 e. The molecule has 1 heterocycles. The molecule has 112 valence electrons. The van der Waals surface area contributed by atoms with Gasteiger partial charge in [-0.3, -0.25) is 9.59 Å². The number of carbonyl (C=O) groups is 2. The SMILES string of the molecule is Cc1ccc(Cl)c(N2CCC(=O)NC3(CCCC3)C2=O)c1. The molecule has 1 aliphatic carbocycles. The summed E-state index contributed by atoms with van der Waals surface area (Å²) in [4.78, 5) is 26.7. The summed E-state index contributed by atoms with van der Waals surface area (Å²) in [5.74, 6) is -0.0603. The van der Waals surface area contributed by atoms with E-state index in [2.05, 4.69) is 5.32 Å². The van der Waals surface area contributed by atoms with Crippen LogP contribution in [0.5, 0.6) is 0 Å². The van der Waals surface area contributed by atoms with Gasteiger partial charge >= 0.3 is 0 Å². The van der Waals surface area contributed by atoms with Crippen molar-refractivity contribution >= 4 is 29.1 Å². The predicted octanol–water partition coefficient (Wildman–Crippen LogP) is 2.81. The summed E-state index contributed by atoms with van der Waals surface area (Å²) in [6, 6.07) is 5.64. The molecule has 4 nitrogen and oxygen atoms in total. The van der Waals surface area contributed by atoms with Gasteiger partial charge in [0.05, 0.1) is 10.7 Å². The van der Waals surface area contributed by atoms with Crippen LogP contribution in [0.15, 0.2) is 18.2 Å². The van der Waals surface area contributed by atoms with Crippen molar-refractivity contribution in [2.45, 2.75) is 44.6 Å². The molecule has 2 amide bonds. The molecule has 1 saturated carbocycles. The molecule has 1 aromatic rings. The number of halogens is 1. The van der Waals surface area contributed by atoms with Crippen LogP contribution in [0.4, 0.5) is 5.69 Å². The highest BCUT2D eigenvalue weighted by Crippen LogP contribution is 2.36. The molecule has 0 aromatic heterocycles. The molecule has 0 bridgehead atoms. The van der Waals surface area contributed by atoms with Gasteiger partial charge in [0.15, 0.2) is 0 Å². The molecule has 0 atom stereocenters. The van der Waals surface area contributed by atoms with Gasteiger partial charge in [-0.25, -0.2) is 0 Å². The van der Waals surface area contributed by atoms with Crippen molar-refractivity contribution in [2.24, 2.45) is 0 Å². The number of benzene rings is 1. The summed E-state index contributed by atoms with van der Waals surface area (Å²) < 4.78 is 0. The van der Waals surface area contributed by atoms with Crippen molar-refractivity contribution in [2.75, 3.05) is 11.4 Å². The Morgan fingerprint density at radius 1 is 1.24 bits per heavy atom. The lowest BCUT2D eigenvalue weighted by molar-refractivity contribution is -0.129. The Morgan fingerprint density at radius 3 is 2.67 bits per heavy atom. The number of aryl methyl sites for hydroxylation is 1. The Labute approximate surface area is 129 Å². The first-order valence-electron chi connectivity index (χ1n) is 7.41. The second-order valence-electron chi connectivity index (χ2n) is 6.00. The van der Waals surface area contributed by atoms with Gasteiger partial charge in [-0.15, -0.1) is 0 Å². The summed E-state index contributed by atoms with van der Waals surface area (Å²) in [7, 11) is 0. The fraction of sp³-hybridized carbons (Fsp3) is 0.500. The van der Waals surface area contributed by atoms with Gasteiger partial charge in [0, 0.05) is 13.0 Å². The minimum atomic E-state index is -0.722.